The van der Waals surface area contributed by atoms with Gasteiger partial charge in [-0.1, -0.05) is 49.7 Å². The van der Waals surface area contributed by atoms with E-state index in [2.05, 4.69) is 68.1 Å². The molecule has 0 heterocycles. The second kappa shape index (κ2) is 6.72. The van der Waals surface area contributed by atoms with Gasteiger partial charge in [0.05, 0.1) is 0 Å². The van der Waals surface area contributed by atoms with Gasteiger partial charge in [0.2, 0.25) is 0 Å². The number of nitrogens with zero attached hydrogens (tertiary/aromatic N) is 1. The molecule has 0 saturated heterocycles. The van der Waals surface area contributed by atoms with E-state index in [9.17, 15) is 0 Å². The maximum absolute atomic E-state index is 2.56. The van der Waals surface area contributed by atoms with Gasteiger partial charge in [-0.05, 0) is 49.2 Å². The van der Waals surface area contributed by atoms with E-state index in [1.165, 1.54) is 35.7 Å². The molecule has 0 amide bonds. The molecule has 0 unspecified atom stereocenters. The van der Waals surface area contributed by atoms with Gasteiger partial charge >= 0.3 is 0 Å². The molecule has 0 bridgehead atoms. The van der Waals surface area contributed by atoms with Gasteiger partial charge in [-0.3, -0.25) is 4.90 Å². The van der Waals surface area contributed by atoms with Crippen LogP contribution in [0.15, 0.2) is 42.5 Å². The molecule has 2 rings (SSSR count). The molecule has 0 radical (unpaired) electrons. The van der Waals surface area contributed by atoms with E-state index in [-0.39, 0.29) is 0 Å². The molecule has 2 aromatic rings. The fourth-order valence-corrected chi connectivity index (χ4v) is 2.45. The molecule has 19 heavy (non-hydrogen) atoms. The summed E-state index contributed by atoms with van der Waals surface area (Å²) >= 11 is 0. The average molecular weight is 255 g/mol. The van der Waals surface area contributed by atoms with Crippen LogP contribution in [0.3, 0.4) is 0 Å². The third-order valence-corrected chi connectivity index (χ3v) is 3.73. The minimum atomic E-state index is 0.609. The zero-order valence-corrected chi connectivity index (χ0v) is 12.4. The SMILES string of the molecule is CCCCN(Cc1ccc2ccccc2c1)C(C)C. The minimum absolute atomic E-state index is 0.609. The highest BCUT2D eigenvalue weighted by molar-refractivity contribution is 5.82. The van der Waals surface area contributed by atoms with Crippen molar-refractivity contribution in [3.05, 3.63) is 48.0 Å². The lowest BCUT2D eigenvalue weighted by Gasteiger charge is -2.26. The molecule has 0 spiro atoms. The fourth-order valence-electron chi connectivity index (χ4n) is 2.45. The Morgan fingerprint density at radius 3 is 2.42 bits per heavy atom. The zero-order chi connectivity index (χ0) is 13.7. The lowest BCUT2D eigenvalue weighted by Crippen LogP contribution is -2.31. The molecule has 102 valence electrons. The van der Waals surface area contributed by atoms with Gasteiger partial charge in [-0.25, -0.2) is 0 Å². The molecule has 0 saturated carbocycles. The first-order valence-electron chi connectivity index (χ1n) is 7.42. The van der Waals surface area contributed by atoms with Crippen molar-refractivity contribution in [3.63, 3.8) is 0 Å². The van der Waals surface area contributed by atoms with E-state index in [4.69, 9.17) is 0 Å². The average Bonchev–Trinajstić information content (AvgIpc) is 2.43. The summed E-state index contributed by atoms with van der Waals surface area (Å²) in [5.41, 5.74) is 1.42. The highest BCUT2D eigenvalue weighted by atomic mass is 15.1. The summed E-state index contributed by atoms with van der Waals surface area (Å²) in [6.45, 7) is 9.09. The highest BCUT2D eigenvalue weighted by Crippen LogP contribution is 2.17. The quantitative estimate of drug-likeness (QED) is 0.713. The van der Waals surface area contributed by atoms with Crippen molar-refractivity contribution in [2.75, 3.05) is 6.54 Å². The first-order chi connectivity index (χ1) is 9.20. The number of fused-ring (bicyclic) bond motifs is 1. The molecule has 0 aromatic heterocycles. The van der Waals surface area contributed by atoms with Crippen LogP contribution in [0, 0.1) is 0 Å². The number of unbranched alkanes of at least 4 members (excludes halogenated alkanes) is 1. The van der Waals surface area contributed by atoms with E-state index in [0.717, 1.165) is 6.54 Å². The Morgan fingerprint density at radius 1 is 1.00 bits per heavy atom. The van der Waals surface area contributed by atoms with E-state index < -0.39 is 0 Å². The minimum Gasteiger partial charge on any atom is -0.297 e. The summed E-state index contributed by atoms with van der Waals surface area (Å²) in [7, 11) is 0. The van der Waals surface area contributed by atoms with E-state index in [1.807, 2.05) is 0 Å². The lowest BCUT2D eigenvalue weighted by molar-refractivity contribution is 0.210. The molecule has 0 fully saturated rings. The molecule has 0 aliphatic rings. The Hall–Kier alpha value is -1.34. The van der Waals surface area contributed by atoms with E-state index >= 15 is 0 Å². The predicted octanol–water partition coefficient (Wildman–Crippen LogP) is 4.85. The highest BCUT2D eigenvalue weighted by Gasteiger charge is 2.09. The summed E-state index contributed by atoms with van der Waals surface area (Å²) in [5.74, 6) is 0. The topological polar surface area (TPSA) is 3.24 Å². The maximum Gasteiger partial charge on any atom is 0.0236 e. The van der Waals surface area contributed by atoms with Crippen LogP contribution < -0.4 is 0 Å². The smallest absolute Gasteiger partial charge is 0.0236 e. The van der Waals surface area contributed by atoms with Crippen molar-refractivity contribution >= 4 is 10.8 Å². The van der Waals surface area contributed by atoms with Crippen molar-refractivity contribution in [3.8, 4) is 0 Å². The monoisotopic (exact) mass is 255 g/mol. The number of hydrogen-bond acceptors (Lipinski definition) is 1. The van der Waals surface area contributed by atoms with Crippen molar-refractivity contribution < 1.29 is 0 Å². The molecule has 0 N–H and O–H groups in total. The van der Waals surface area contributed by atoms with Crippen LogP contribution in [0.25, 0.3) is 10.8 Å². The summed E-state index contributed by atoms with van der Waals surface area (Å²) < 4.78 is 0. The Labute approximate surface area is 117 Å². The zero-order valence-electron chi connectivity index (χ0n) is 12.4. The molecule has 0 aliphatic carbocycles. The first-order valence-corrected chi connectivity index (χ1v) is 7.42. The van der Waals surface area contributed by atoms with Crippen LogP contribution in [0.2, 0.25) is 0 Å². The lowest BCUT2D eigenvalue weighted by atomic mass is 10.1. The van der Waals surface area contributed by atoms with Crippen LogP contribution in [-0.2, 0) is 6.54 Å². The van der Waals surface area contributed by atoms with Crippen LogP contribution in [0.1, 0.15) is 39.2 Å². The maximum atomic E-state index is 2.56. The van der Waals surface area contributed by atoms with Crippen molar-refractivity contribution in [2.45, 2.75) is 46.2 Å². The molecule has 1 nitrogen and oxygen atoms in total. The Bertz CT molecular complexity index is 516. The summed E-state index contributed by atoms with van der Waals surface area (Å²) in [6.07, 6.45) is 2.55. The Kier molecular flexibility index (Phi) is 4.98. The third kappa shape index (κ3) is 3.81. The molecule has 2 aromatic carbocycles. The molecule has 0 aliphatic heterocycles. The van der Waals surface area contributed by atoms with Crippen LogP contribution in [-0.4, -0.2) is 17.5 Å². The van der Waals surface area contributed by atoms with Gasteiger partial charge in [0.15, 0.2) is 0 Å². The molecular weight excluding hydrogens is 230 g/mol. The predicted molar refractivity (Wildman–Crippen MR) is 84.4 cm³/mol. The summed E-state index contributed by atoms with van der Waals surface area (Å²) in [4.78, 5) is 2.56. The van der Waals surface area contributed by atoms with E-state index in [1.54, 1.807) is 0 Å². The number of benzene rings is 2. The standard InChI is InChI=1S/C18H25N/c1-4-5-12-19(15(2)3)14-16-10-11-17-8-6-7-9-18(17)13-16/h6-11,13,15H,4-5,12,14H2,1-3H3. The molecule has 1 heteroatoms. The number of hydrogen-bond donors (Lipinski definition) is 0. The summed E-state index contributed by atoms with van der Waals surface area (Å²) in [5, 5.41) is 2.68. The van der Waals surface area contributed by atoms with Gasteiger partial charge < -0.3 is 0 Å². The van der Waals surface area contributed by atoms with Crippen molar-refractivity contribution in [1.82, 2.24) is 4.90 Å². The van der Waals surface area contributed by atoms with Crippen molar-refractivity contribution in [1.29, 1.82) is 0 Å². The number of rotatable bonds is 6. The van der Waals surface area contributed by atoms with Gasteiger partial charge in [-0.15, -0.1) is 0 Å². The third-order valence-electron chi connectivity index (χ3n) is 3.73. The molecular formula is C18H25N. The Morgan fingerprint density at radius 2 is 1.74 bits per heavy atom. The normalized spacial score (nSPS) is 11.6. The van der Waals surface area contributed by atoms with Crippen molar-refractivity contribution in [2.24, 2.45) is 0 Å². The van der Waals surface area contributed by atoms with Gasteiger partial charge in [0.25, 0.3) is 0 Å². The first kappa shape index (κ1) is 14.1. The molecule has 0 atom stereocenters. The second-order valence-corrected chi connectivity index (χ2v) is 5.60. The summed E-state index contributed by atoms with van der Waals surface area (Å²) in [6, 6.07) is 16.0. The van der Waals surface area contributed by atoms with Crippen LogP contribution in [0.4, 0.5) is 0 Å². The Balaban J connectivity index is 2.14. The van der Waals surface area contributed by atoms with Gasteiger partial charge in [0.1, 0.15) is 0 Å². The largest absolute Gasteiger partial charge is 0.297 e. The fraction of sp³-hybridized carbons (Fsp3) is 0.444. The van der Waals surface area contributed by atoms with Crippen LogP contribution in [0.5, 0.6) is 0 Å². The van der Waals surface area contributed by atoms with Gasteiger partial charge in [-0.2, -0.15) is 0 Å². The van der Waals surface area contributed by atoms with Gasteiger partial charge in [0, 0.05) is 12.6 Å². The second-order valence-electron chi connectivity index (χ2n) is 5.60. The van der Waals surface area contributed by atoms with Crippen LogP contribution >= 0.6 is 0 Å². The van der Waals surface area contributed by atoms with E-state index in [0.29, 0.717) is 6.04 Å².